The molecule has 0 aliphatic carbocycles. The van der Waals surface area contributed by atoms with E-state index in [-0.39, 0.29) is 17.9 Å². The molecule has 1 amide bonds. The lowest BCUT2D eigenvalue weighted by molar-refractivity contribution is -0.125. The lowest BCUT2D eigenvalue weighted by Gasteiger charge is -2.24. The van der Waals surface area contributed by atoms with Crippen LogP contribution in [-0.4, -0.2) is 42.0 Å². The third-order valence-corrected chi connectivity index (χ3v) is 4.14. The van der Waals surface area contributed by atoms with E-state index in [9.17, 15) is 4.79 Å². The van der Waals surface area contributed by atoms with Crippen molar-refractivity contribution in [1.29, 1.82) is 0 Å². The van der Waals surface area contributed by atoms with E-state index in [1.807, 2.05) is 13.8 Å². The summed E-state index contributed by atoms with van der Waals surface area (Å²) in [5.41, 5.74) is 5.75. The maximum atomic E-state index is 11.9. The highest BCUT2D eigenvalue weighted by atomic mass is 16.2. The van der Waals surface area contributed by atoms with Crippen molar-refractivity contribution in [3.8, 4) is 0 Å². The number of amides is 1. The number of carbonyl (C=O) groups excluding carboxylic acids is 1. The largest absolute Gasteiger partial charge is 0.351 e. The molecule has 0 spiro atoms. The van der Waals surface area contributed by atoms with E-state index < -0.39 is 0 Å². The van der Waals surface area contributed by atoms with Crippen LogP contribution in [0.15, 0.2) is 0 Å². The molecule has 0 aromatic rings. The van der Waals surface area contributed by atoms with E-state index in [1.54, 1.807) is 0 Å². The Morgan fingerprint density at radius 1 is 1.38 bits per heavy atom. The average Bonchev–Trinajstić information content (AvgIpc) is 2.81. The fourth-order valence-electron chi connectivity index (χ4n) is 2.80. The minimum absolute atomic E-state index is 0.0684. The number of rotatable bonds is 3. The monoisotopic (exact) mass is 225 g/mol. The highest BCUT2D eigenvalue weighted by molar-refractivity contribution is 5.79. The molecule has 2 aliphatic rings. The Kier molecular flexibility index (Phi) is 3.50. The van der Waals surface area contributed by atoms with E-state index in [1.165, 1.54) is 19.4 Å². The quantitative estimate of drug-likeness (QED) is 0.727. The molecule has 2 rings (SSSR count). The van der Waals surface area contributed by atoms with Crippen molar-refractivity contribution in [2.75, 3.05) is 13.1 Å². The van der Waals surface area contributed by atoms with Gasteiger partial charge in [-0.3, -0.25) is 9.69 Å². The molecule has 3 N–H and O–H groups in total. The van der Waals surface area contributed by atoms with Crippen LogP contribution in [0.5, 0.6) is 0 Å². The van der Waals surface area contributed by atoms with E-state index >= 15 is 0 Å². The maximum Gasteiger partial charge on any atom is 0.224 e. The van der Waals surface area contributed by atoms with Gasteiger partial charge in [0.25, 0.3) is 0 Å². The second kappa shape index (κ2) is 4.72. The summed E-state index contributed by atoms with van der Waals surface area (Å²) in [5.74, 6) is 0.0317. The molecular weight excluding hydrogens is 202 g/mol. The fourth-order valence-corrected chi connectivity index (χ4v) is 2.80. The SMILES string of the molecule is CC(N)C(C)C(=O)NC1CCN2CCCC12. The van der Waals surface area contributed by atoms with E-state index in [0.717, 1.165) is 13.0 Å². The first-order valence-corrected chi connectivity index (χ1v) is 6.39. The van der Waals surface area contributed by atoms with Gasteiger partial charge in [0, 0.05) is 30.6 Å². The lowest BCUT2D eigenvalue weighted by Crippen LogP contribution is -2.47. The molecule has 0 aromatic carbocycles. The molecule has 0 aromatic heterocycles. The molecule has 4 atom stereocenters. The van der Waals surface area contributed by atoms with Gasteiger partial charge in [-0.05, 0) is 32.7 Å². The van der Waals surface area contributed by atoms with Crippen molar-refractivity contribution in [2.45, 2.75) is 51.2 Å². The second-order valence-electron chi connectivity index (χ2n) is 5.30. The maximum absolute atomic E-state index is 11.9. The first-order valence-electron chi connectivity index (χ1n) is 6.39. The Hall–Kier alpha value is -0.610. The van der Waals surface area contributed by atoms with Gasteiger partial charge < -0.3 is 11.1 Å². The average molecular weight is 225 g/mol. The Bertz CT molecular complexity index is 267. The number of hydrogen-bond acceptors (Lipinski definition) is 3. The number of hydrogen-bond donors (Lipinski definition) is 2. The molecule has 0 bridgehead atoms. The molecule has 2 heterocycles. The zero-order chi connectivity index (χ0) is 11.7. The predicted molar refractivity (Wildman–Crippen MR) is 64.0 cm³/mol. The van der Waals surface area contributed by atoms with Crippen LogP contribution in [0.4, 0.5) is 0 Å². The van der Waals surface area contributed by atoms with Crippen molar-refractivity contribution in [3.05, 3.63) is 0 Å². The number of carbonyl (C=O) groups is 1. The van der Waals surface area contributed by atoms with Crippen LogP contribution in [0.25, 0.3) is 0 Å². The van der Waals surface area contributed by atoms with Crippen molar-refractivity contribution in [1.82, 2.24) is 10.2 Å². The minimum Gasteiger partial charge on any atom is -0.351 e. The summed E-state index contributed by atoms with van der Waals surface area (Å²) < 4.78 is 0. The molecule has 4 nitrogen and oxygen atoms in total. The smallest absolute Gasteiger partial charge is 0.224 e. The molecule has 4 heteroatoms. The summed E-state index contributed by atoms with van der Waals surface area (Å²) in [5, 5.41) is 3.17. The summed E-state index contributed by atoms with van der Waals surface area (Å²) in [6, 6.07) is 0.876. The van der Waals surface area contributed by atoms with E-state index in [4.69, 9.17) is 5.73 Å². The third-order valence-electron chi connectivity index (χ3n) is 4.14. The van der Waals surface area contributed by atoms with Gasteiger partial charge in [-0.25, -0.2) is 0 Å². The van der Waals surface area contributed by atoms with Crippen LogP contribution >= 0.6 is 0 Å². The molecule has 4 unspecified atom stereocenters. The molecule has 2 aliphatic heterocycles. The zero-order valence-electron chi connectivity index (χ0n) is 10.3. The van der Waals surface area contributed by atoms with Crippen molar-refractivity contribution in [2.24, 2.45) is 11.7 Å². The Balaban J connectivity index is 1.88. The number of nitrogens with two attached hydrogens (primary N) is 1. The third kappa shape index (κ3) is 2.23. The van der Waals surface area contributed by atoms with Crippen LogP contribution in [0.1, 0.15) is 33.1 Å². The normalized spacial score (nSPS) is 33.4. The highest BCUT2D eigenvalue weighted by Crippen LogP contribution is 2.28. The highest BCUT2D eigenvalue weighted by Gasteiger charge is 2.38. The minimum atomic E-state index is -0.0875. The summed E-state index contributed by atoms with van der Waals surface area (Å²) in [7, 11) is 0. The van der Waals surface area contributed by atoms with Crippen LogP contribution in [-0.2, 0) is 4.79 Å². The Morgan fingerprint density at radius 2 is 2.12 bits per heavy atom. The van der Waals surface area contributed by atoms with Crippen molar-refractivity contribution >= 4 is 5.91 Å². The topological polar surface area (TPSA) is 58.4 Å². The van der Waals surface area contributed by atoms with Gasteiger partial charge in [0.05, 0.1) is 0 Å². The standard InChI is InChI=1S/C12H23N3O/c1-8(9(2)13)12(16)14-10-5-7-15-6-3-4-11(10)15/h8-11H,3-7,13H2,1-2H3,(H,14,16). The Labute approximate surface area is 97.6 Å². The molecule has 2 fully saturated rings. The Morgan fingerprint density at radius 3 is 2.81 bits per heavy atom. The molecule has 92 valence electrons. The van der Waals surface area contributed by atoms with Crippen LogP contribution in [0.3, 0.4) is 0 Å². The van der Waals surface area contributed by atoms with Crippen LogP contribution < -0.4 is 11.1 Å². The van der Waals surface area contributed by atoms with Gasteiger partial charge in [-0.1, -0.05) is 6.92 Å². The molecule has 16 heavy (non-hydrogen) atoms. The number of nitrogens with one attached hydrogen (secondary N) is 1. The van der Waals surface area contributed by atoms with Gasteiger partial charge in [0.15, 0.2) is 0 Å². The van der Waals surface area contributed by atoms with Gasteiger partial charge in [-0.2, -0.15) is 0 Å². The van der Waals surface area contributed by atoms with Crippen LogP contribution in [0, 0.1) is 5.92 Å². The van der Waals surface area contributed by atoms with Crippen LogP contribution in [0.2, 0.25) is 0 Å². The van der Waals surface area contributed by atoms with E-state index in [2.05, 4.69) is 10.2 Å². The number of nitrogens with zero attached hydrogens (tertiary/aromatic N) is 1. The summed E-state index contributed by atoms with van der Waals surface area (Å²) >= 11 is 0. The first kappa shape index (κ1) is 11.9. The summed E-state index contributed by atoms with van der Waals surface area (Å²) in [4.78, 5) is 14.4. The van der Waals surface area contributed by atoms with Crippen molar-refractivity contribution < 1.29 is 4.79 Å². The zero-order valence-corrected chi connectivity index (χ0v) is 10.3. The lowest BCUT2D eigenvalue weighted by atomic mass is 10.0. The van der Waals surface area contributed by atoms with Gasteiger partial charge >= 0.3 is 0 Å². The predicted octanol–water partition coefficient (Wildman–Crippen LogP) is 0.323. The first-order chi connectivity index (χ1) is 7.59. The van der Waals surface area contributed by atoms with Crippen molar-refractivity contribution in [3.63, 3.8) is 0 Å². The summed E-state index contributed by atoms with van der Waals surface area (Å²) in [6.07, 6.45) is 3.61. The fraction of sp³-hybridized carbons (Fsp3) is 0.917. The summed E-state index contributed by atoms with van der Waals surface area (Å²) in [6.45, 7) is 6.14. The van der Waals surface area contributed by atoms with E-state index in [0.29, 0.717) is 12.1 Å². The second-order valence-corrected chi connectivity index (χ2v) is 5.30. The molecule has 0 radical (unpaired) electrons. The van der Waals surface area contributed by atoms with Gasteiger partial charge in [0.1, 0.15) is 0 Å². The molecular formula is C12H23N3O. The molecule has 0 saturated carbocycles. The van der Waals surface area contributed by atoms with Gasteiger partial charge in [0.2, 0.25) is 5.91 Å². The number of fused-ring (bicyclic) bond motifs is 1. The van der Waals surface area contributed by atoms with Gasteiger partial charge in [-0.15, -0.1) is 0 Å². The molecule has 2 saturated heterocycles.